The average Bonchev–Trinajstić information content (AvgIpc) is 3.62. The fourth-order valence-corrected chi connectivity index (χ4v) is 4.93. The van der Waals surface area contributed by atoms with Crippen molar-refractivity contribution in [3.8, 4) is 16.8 Å². The summed E-state index contributed by atoms with van der Waals surface area (Å²) in [5, 5.41) is 16.6. The van der Waals surface area contributed by atoms with E-state index in [1.165, 1.54) is 4.68 Å². The molecule has 7 nitrogen and oxygen atoms in total. The maximum atomic E-state index is 14.1. The molecule has 4 aromatic rings. The number of carboxylic acids is 1. The normalized spacial score (nSPS) is 14.5. The number of amides is 1. The number of rotatable bonds is 7. The van der Waals surface area contributed by atoms with E-state index < -0.39 is 29.5 Å². The van der Waals surface area contributed by atoms with E-state index in [9.17, 15) is 19.1 Å². The van der Waals surface area contributed by atoms with Gasteiger partial charge < -0.3 is 9.84 Å². The number of nitrogens with zero attached hydrogens (tertiary/aromatic N) is 2. The Morgan fingerprint density at radius 2 is 1.76 bits per heavy atom. The fourth-order valence-electron chi connectivity index (χ4n) is 4.64. The molecule has 0 radical (unpaired) electrons. The van der Waals surface area contributed by atoms with Crippen molar-refractivity contribution in [3.63, 3.8) is 0 Å². The fraction of sp³-hybridized carbons (Fsp3) is 0.207. The Kier molecular flexibility index (Phi) is 6.67. The Labute approximate surface area is 223 Å². The minimum atomic E-state index is -0.800. The molecular formula is C29H25ClFN3O4. The topological polar surface area (TPSA) is 93.5 Å². The Hall–Kier alpha value is -4.17. The van der Waals surface area contributed by atoms with Crippen molar-refractivity contribution in [1.29, 1.82) is 0 Å². The second-order valence-electron chi connectivity index (χ2n) is 9.42. The first-order valence-corrected chi connectivity index (χ1v) is 12.5. The van der Waals surface area contributed by atoms with Gasteiger partial charge in [0.15, 0.2) is 0 Å². The molecule has 0 aliphatic heterocycles. The number of nitrogens with one attached hydrogen (secondary N) is 1. The molecule has 1 aliphatic carbocycles. The second kappa shape index (κ2) is 9.95. The molecule has 1 heterocycles. The van der Waals surface area contributed by atoms with Crippen molar-refractivity contribution in [2.75, 3.05) is 5.32 Å². The van der Waals surface area contributed by atoms with E-state index in [1.54, 1.807) is 43.3 Å². The average molecular weight is 534 g/mol. The number of aliphatic carboxylic acids is 1. The summed E-state index contributed by atoms with van der Waals surface area (Å²) in [6.07, 6.45) is -0.147. The van der Waals surface area contributed by atoms with Gasteiger partial charge in [-0.2, -0.15) is 4.39 Å². The van der Waals surface area contributed by atoms with Crippen molar-refractivity contribution in [1.82, 2.24) is 9.78 Å². The van der Waals surface area contributed by atoms with Crippen LogP contribution in [0.3, 0.4) is 0 Å². The monoisotopic (exact) mass is 533 g/mol. The summed E-state index contributed by atoms with van der Waals surface area (Å²) in [4.78, 5) is 24.4. The number of anilines is 1. The molecule has 0 bridgehead atoms. The van der Waals surface area contributed by atoms with Crippen molar-refractivity contribution < 1.29 is 23.8 Å². The van der Waals surface area contributed by atoms with Crippen LogP contribution in [0.15, 0.2) is 72.8 Å². The molecule has 1 saturated carbocycles. The molecule has 1 aliphatic rings. The highest BCUT2D eigenvalue weighted by atomic mass is 35.5. The highest BCUT2D eigenvalue weighted by Gasteiger charge is 2.52. The van der Waals surface area contributed by atoms with Gasteiger partial charge in [0.1, 0.15) is 11.9 Å². The highest BCUT2D eigenvalue weighted by Crippen LogP contribution is 2.50. The van der Waals surface area contributed by atoms with Gasteiger partial charge in [-0.25, -0.2) is 9.48 Å². The van der Waals surface area contributed by atoms with Crippen LogP contribution in [0.2, 0.25) is 5.02 Å². The molecule has 194 valence electrons. The Bertz CT molecular complexity index is 1530. The standard InChI is InChI=1S/C29H25ClFN3O4/c1-17-7-8-20(15-23(17)29(13-14-29)27(35)36)19-9-11-21(12-10-19)34-26(16-25(31)33-34)32-28(37)38-18(2)22-5-3-4-6-24(22)30/h3-12,15-16,18H,13-14H2,1-2H3,(H,32,37)(H,35,36). The van der Waals surface area contributed by atoms with Crippen LogP contribution < -0.4 is 5.32 Å². The van der Waals surface area contributed by atoms with Crippen LogP contribution in [0.5, 0.6) is 0 Å². The molecule has 1 amide bonds. The molecule has 38 heavy (non-hydrogen) atoms. The summed E-state index contributed by atoms with van der Waals surface area (Å²) in [7, 11) is 0. The van der Waals surface area contributed by atoms with Gasteiger partial charge in [0.25, 0.3) is 0 Å². The molecule has 1 atom stereocenters. The predicted molar refractivity (Wildman–Crippen MR) is 142 cm³/mol. The quantitative estimate of drug-likeness (QED) is 0.265. The zero-order valence-corrected chi connectivity index (χ0v) is 21.5. The van der Waals surface area contributed by atoms with Gasteiger partial charge in [-0.05, 0) is 73.2 Å². The summed E-state index contributed by atoms with van der Waals surface area (Å²) in [5.41, 5.74) is 3.89. The van der Waals surface area contributed by atoms with Crippen molar-refractivity contribution in [2.24, 2.45) is 0 Å². The van der Waals surface area contributed by atoms with E-state index in [0.717, 1.165) is 28.3 Å². The third-order valence-corrected chi connectivity index (χ3v) is 7.24. The zero-order valence-electron chi connectivity index (χ0n) is 20.7. The van der Waals surface area contributed by atoms with Crippen LogP contribution in [0.25, 0.3) is 16.8 Å². The molecule has 0 saturated heterocycles. The number of carbonyl (C=O) groups excluding carboxylic acids is 1. The third-order valence-electron chi connectivity index (χ3n) is 6.89. The minimum Gasteiger partial charge on any atom is -0.481 e. The largest absolute Gasteiger partial charge is 0.481 e. The lowest BCUT2D eigenvalue weighted by Gasteiger charge is -2.16. The van der Waals surface area contributed by atoms with Crippen LogP contribution in [-0.2, 0) is 14.9 Å². The summed E-state index contributed by atoms with van der Waals surface area (Å²) in [5.74, 6) is -1.47. The van der Waals surface area contributed by atoms with Gasteiger partial charge in [0.2, 0.25) is 5.95 Å². The zero-order chi connectivity index (χ0) is 27.0. The molecule has 5 rings (SSSR count). The number of benzene rings is 3. The van der Waals surface area contributed by atoms with Gasteiger partial charge >= 0.3 is 12.1 Å². The molecule has 1 fully saturated rings. The first kappa shape index (κ1) is 25.5. The Balaban J connectivity index is 1.35. The molecule has 0 spiro atoms. The van der Waals surface area contributed by atoms with Gasteiger partial charge in [-0.1, -0.05) is 54.1 Å². The first-order valence-electron chi connectivity index (χ1n) is 12.1. The Morgan fingerprint density at radius 1 is 1.08 bits per heavy atom. The number of carbonyl (C=O) groups is 2. The Morgan fingerprint density at radius 3 is 2.42 bits per heavy atom. The summed E-state index contributed by atoms with van der Waals surface area (Å²) in [6.45, 7) is 3.61. The number of halogens is 2. The van der Waals surface area contributed by atoms with Gasteiger partial charge in [-0.3, -0.25) is 10.1 Å². The van der Waals surface area contributed by atoms with Crippen LogP contribution in [0.4, 0.5) is 15.0 Å². The summed E-state index contributed by atoms with van der Waals surface area (Å²) < 4.78 is 20.8. The molecule has 1 aromatic heterocycles. The summed E-state index contributed by atoms with van der Waals surface area (Å²) >= 11 is 6.18. The minimum absolute atomic E-state index is 0.0985. The number of hydrogen-bond donors (Lipinski definition) is 2. The molecule has 1 unspecified atom stereocenters. The second-order valence-corrected chi connectivity index (χ2v) is 9.83. The lowest BCUT2D eigenvalue weighted by atomic mass is 9.89. The smallest absolute Gasteiger partial charge is 0.413 e. The number of aromatic nitrogens is 2. The number of aryl methyl sites for hydroxylation is 1. The number of ether oxygens (including phenoxy) is 1. The van der Waals surface area contributed by atoms with Crippen LogP contribution in [0, 0.1) is 12.9 Å². The summed E-state index contributed by atoms with van der Waals surface area (Å²) in [6, 6.07) is 21.1. The van der Waals surface area contributed by atoms with E-state index in [-0.39, 0.29) is 5.82 Å². The maximum absolute atomic E-state index is 14.1. The molecule has 9 heteroatoms. The van der Waals surface area contributed by atoms with Gasteiger partial charge in [-0.15, -0.1) is 5.10 Å². The van der Waals surface area contributed by atoms with E-state index in [1.807, 2.05) is 37.3 Å². The van der Waals surface area contributed by atoms with E-state index in [2.05, 4.69) is 10.4 Å². The maximum Gasteiger partial charge on any atom is 0.413 e. The van der Waals surface area contributed by atoms with Gasteiger partial charge in [0, 0.05) is 16.7 Å². The SMILES string of the molecule is Cc1ccc(-c2ccc(-n3nc(F)cc3NC(=O)OC(C)c3ccccc3Cl)cc2)cc1C1(C(=O)O)CC1. The van der Waals surface area contributed by atoms with Crippen LogP contribution in [0.1, 0.15) is 42.6 Å². The highest BCUT2D eigenvalue weighted by molar-refractivity contribution is 6.31. The van der Waals surface area contributed by atoms with Crippen molar-refractivity contribution >= 4 is 29.5 Å². The predicted octanol–water partition coefficient (Wildman–Crippen LogP) is 7.07. The molecule has 2 N–H and O–H groups in total. The molecule has 3 aromatic carbocycles. The van der Waals surface area contributed by atoms with E-state index in [0.29, 0.717) is 29.1 Å². The molecular weight excluding hydrogens is 509 g/mol. The van der Waals surface area contributed by atoms with Crippen LogP contribution >= 0.6 is 11.6 Å². The lowest BCUT2D eigenvalue weighted by Crippen LogP contribution is -2.20. The van der Waals surface area contributed by atoms with Crippen molar-refractivity contribution in [2.45, 2.75) is 38.2 Å². The number of hydrogen-bond acceptors (Lipinski definition) is 4. The van der Waals surface area contributed by atoms with E-state index in [4.69, 9.17) is 16.3 Å². The van der Waals surface area contributed by atoms with Crippen LogP contribution in [-0.4, -0.2) is 26.9 Å². The third kappa shape index (κ3) is 4.87. The lowest BCUT2D eigenvalue weighted by molar-refractivity contribution is -0.140. The van der Waals surface area contributed by atoms with Gasteiger partial charge in [0.05, 0.1) is 11.1 Å². The first-order chi connectivity index (χ1) is 18.2. The van der Waals surface area contributed by atoms with Crippen molar-refractivity contribution in [3.05, 3.63) is 100 Å². The van der Waals surface area contributed by atoms with E-state index >= 15 is 0 Å². The number of carboxylic acid groups (broad SMARTS) is 1.